The second-order valence-electron chi connectivity index (χ2n) is 4.08. The maximum absolute atomic E-state index is 13.0. The molecule has 1 N–H and O–H groups in total. The van der Waals surface area contributed by atoms with Crippen LogP contribution < -0.4 is 10.1 Å². The highest BCUT2D eigenvalue weighted by Gasteiger charge is 2.09. The Morgan fingerprint density at radius 2 is 1.76 bits per heavy atom. The smallest absolute Gasteiger partial charge is 0.255 e. The van der Waals surface area contributed by atoms with Gasteiger partial charge in [0.25, 0.3) is 5.91 Å². The third-order valence-electron chi connectivity index (χ3n) is 2.54. The normalized spacial score (nSPS) is 9.76. The first-order valence-corrected chi connectivity index (χ1v) is 5.96. The van der Waals surface area contributed by atoms with Gasteiger partial charge in [-0.15, -0.1) is 0 Å². The average Bonchev–Trinajstić information content (AvgIpc) is 2.45. The molecule has 0 bridgehead atoms. The van der Waals surface area contributed by atoms with Crippen molar-refractivity contribution in [1.29, 1.82) is 5.26 Å². The molecule has 0 aliphatic carbocycles. The van der Waals surface area contributed by atoms with E-state index >= 15 is 0 Å². The zero-order chi connectivity index (χ0) is 15.2. The van der Waals surface area contributed by atoms with Crippen LogP contribution >= 0.6 is 0 Å². The van der Waals surface area contributed by atoms with Gasteiger partial charge in [-0.25, -0.2) is 8.78 Å². The van der Waals surface area contributed by atoms with Crippen LogP contribution in [0.15, 0.2) is 42.5 Å². The summed E-state index contributed by atoms with van der Waals surface area (Å²) in [5.74, 6) is -1.79. The molecule has 21 heavy (non-hydrogen) atoms. The summed E-state index contributed by atoms with van der Waals surface area (Å²) in [6.45, 7) is -0.0751. The third-order valence-corrected chi connectivity index (χ3v) is 2.54. The molecular formula is C15H10F2N2O2. The van der Waals surface area contributed by atoms with Gasteiger partial charge in [-0.05, 0) is 36.4 Å². The number of amides is 1. The van der Waals surface area contributed by atoms with Crippen LogP contribution in [0.2, 0.25) is 0 Å². The van der Waals surface area contributed by atoms with E-state index < -0.39 is 17.5 Å². The van der Waals surface area contributed by atoms with Crippen LogP contribution in [0.5, 0.6) is 5.75 Å². The molecule has 0 aromatic heterocycles. The molecule has 1 amide bonds. The predicted molar refractivity (Wildman–Crippen MR) is 71.9 cm³/mol. The van der Waals surface area contributed by atoms with Gasteiger partial charge in [-0.3, -0.25) is 4.79 Å². The number of nitriles is 1. The number of ether oxygens (including phenoxy) is 1. The molecule has 0 aliphatic rings. The Morgan fingerprint density at radius 1 is 1.14 bits per heavy atom. The molecule has 106 valence electrons. The second kappa shape index (κ2) is 6.48. The Balaban J connectivity index is 2.07. The van der Waals surface area contributed by atoms with Gasteiger partial charge in [0.2, 0.25) is 0 Å². The summed E-state index contributed by atoms with van der Waals surface area (Å²) in [5.41, 5.74) is 0.325. The second-order valence-corrected chi connectivity index (χ2v) is 4.08. The van der Waals surface area contributed by atoms with E-state index in [9.17, 15) is 13.6 Å². The predicted octanol–water partition coefficient (Wildman–Crippen LogP) is 3.12. The van der Waals surface area contributed by atoms with Crippen molar-refractivity contribution >= 4 is 11.6 Å². The van der Waals surface area contributed by atoms with Crippen molar-refractivity contribution in [3.8, 4) is 11.8 Å². The minimum absolute atomic E-state index is 0.0751. The molecule has 0 spiro atoms. The number of hydrogen-bond donors (Lipinski definition) is 1. The summed E-state index contributed by atoms with van der Waals surface area (Å²) < 4.78 is 31.1. The maximum Gasteiger partial charge on any atom is 0.255 e. The molecule has 6 heteroatoms. The fourth-order valence-electron chi connectivity index (χ4n) is 1.64. The SMILES string of the molecule is N#CCOc1ccc(NC(=O)c2cc(F)cc(F)c2)cc1. The molecule has 0 heterocycles. The fourth-order valence-corrected chi connectivity index (χ4v) is 1.64. The largest absolute Gasteiger partial charge is 0.479 e. The van der Waals surface area contributed by atoms with Crippen molar-refractivity contribution in [3.63, 3.8) is 0 Å². The molecule has 4 nitrogen and oxygen atoms in total. The molecule has 2 aromatic rings. The molecule has 0 radical (unpaired) electrons. The first-order valence-electron chi connectivity index (χ1n) is 5.96. The van der Waals surface area contributed by atoms with E-state index in [2.05, 4.69) is 5.32 Å². The summed E-state index contributed by atoms with van der Waals surface area (Å²) in [7, 11) is 0. The Labute approximate surface area is 119 Å². The van der Waals surface area contributed by atoms with Crippen LogP contribution in [0.25, 0.3) is 0 Å². The highest BCUT2D eigenvalue weighted by molar-refractivity contribution is 6.04. The fraction of sp³-hybridized carbons (Fsp3) is 0.0667. The number of halogens is 2. The van der Waals surface area contributed by atoms with Gasteiger partial charge in [-0.2, -0.15) is 5.26 Å². The summed E-state index contributed by atoms with van der Waals surface area (Å²) in [4.78, 5) is 11.9. The van der Waals surface area contributed by atoms with E-state index in [1.54, 1.807) is 24.3 Å². The van der Waals surface area contributed by atoms with E-state index in [0.717, 1.165) is 12.1 Å². The van der Waals surface area contributed by atoms with E-state index in [-0.39, 0.29) is 12.2 Å². The van der Waals surface area contributed by atoms with E-state index in [0.29, 0.717) is 17.5 Å². The molecule has 2 aromatic carbocycles. The quantitative estimate of drug-likeness (QED) is 0.940. The van der Waals surface area contributed by atoms with Gasteiger partial charge >= 0.3 is 0 Å². The van der Waals surface area contributed by atoms with Gasteiger partial charge in [0.15, 0.2) is 6.61 Å². The Bertz CT molecular complexity index is 674. The highest BCUT2D eigenvalue weighted by Crippen LogP contribution is 2.17. The molecule has 0 atom stereocenters. The minimum atomic E-state index is -0.819. The molecule has 0 aliphatic heterocycles. The van der Waals surface area contributed by atoms with Crippen LogP contribution in [0, 0.1) is 23.0 Å². The zero-order valence-corrected chi connectivity index (χ0v) is 10.8. The van der Waals surface area contributed by atoms with Crippen LogP contribution in [0.1, 0.15) is 10.4 Å². The minimum Gasteiger partial charge on any atom is -0.479 e. The van der Waals surface area contributed by atoms with Crippen molar-refractivity contribution in [2.45, 2.75) is 0 Å². The van der Waals surface area contributed by atoms with Crippen molar-refractivity contribution in [1.82, 2.24) is 0 Å². The van der Waals surface area contributed by atoms with Gasteiger partial charge in [0, 0.05) is 17.3 Å². The zero-order valence-electron chi connectivity index (χ0n) is 10.8. The summed E-state index contributed by atoms with van der Waals surface area (Å²) >= 11 is 0. The number of anilines is 1. The number of carbonyl (C=O) groups excluding carboxylic acids is 1. The third kappa shape index (κ3) is 4.01. The van der Waals surface area contributed by atoms with E-state index in [1.807, 2.05) is 6.07 Å². The van der Waals surface area contributed by atoms with Crippen molar-refractivity contribution < 1.29 is 18.3 Å². The van der Waals surface area contributed by atoms with Gasteiger partial charge in [0.1, 0.15) is 23.5 Å². The lowest BCUT2D eigenvalue weighted by Gasteiger charge is -2.07. The van der Waals surface area contributed by atoms with Crippen LogP contribution in [-0.4, -0.2) is 12.5 Å². The lowest BCUT2D eigenvalue weighted by Crippen LogP contribution is -2.12. The van der Waals surface area contributed by atoms with Gasteiger partial charge in [-0.1, -0.05) is 0 Å². The number of hydrogen-bond acceptors (Lipinski definition) is 3. The number of nitrogens with one attached hydrogen (secondary N) is 1. The highest BCUT2D eigenvalue weighted by atomic mass is 19.1. The molecule has 0 saturated heterocycles. The average molecular weight is 288 g/mol. The van der Waals surface area contributed by atoms with Crippen molar-refractivity contribution in [3.05, 3.63) is 59.7 Å². The van der Waals surface area contributed by atoms with Crippen molar-refractivity contribution in [2.24, 2.45) is 0 Å². The summed E-state index contributed by atoms with van der Waals surface area (Å²) in [6, 6.07) is 10.7. The standard InChI is InChI=1S/C15H10F2N2O2/c16-11-7-10(8-12(17)9-11)15(20)19-13-1-3-14(4-2-13)21-6-5-18/h1-4,7-9H,6H2,(H,19,20). The Morgan fingerprint density at radius 3 is 2.33 bits per heavy atom. The summed E-state index contributed by atoms with van der Waals surface area (Å²) in [6.07, 6.45) is 0. The van der Waals surface area contributed by atoms with E-state index in [4.69, 9.17) is 10.00 Å². The molecule has 0 saturated carbocycles. The van der Waals surface area contributed by atoms with Crippen LogP contribution in [0.3, 0.4) is 0 Å². The molecule has 2 rings (SSSR count). The monoisotopic (exact) mass is 288 g/mol. The molecule has 0 fully saturated rings. The van der Waals surface area contributed by atoms with Crippen molar-refractivity contribution in [2.75, 3.05) is 11.9 Å². The van der Waals surface area contributed by atoms with Crippen LogP contribution in [0.4, 0.5) is 14.5 Å². The van der Waals surface area contributed by atoms with Gasteiger partial charge in [0.05, 0.1) is 0 Å². The molecular weight excluding hydrogens is 278 g/mol. The lowest BCUT2D eigenvalue weighted by atomic mass is 10.2. The number of rotatable bonds is 4. The Kier molecular flexibility index (Phi) is 4.46. The number of nitrogens with zero attached hydrogens (tertiary/aromatic N) is 1. The van der Waals surface area contributed by atoms with Gasteiger partial charge < -0.3 is 10.1 Å². The van der Waals surface area contributed by atoms with Crippen LogP contribution in [-0.2, 0) is 0 Å². The lowest BCUT2D eigenvalue weighted by molar-refractivity contribution is 0.102. The first-order chi connectivity index (χ1) is 10.1. The maximum atomic E-state index is 13.0. The summed E-state index contributed by atoms with van der Waals surface area (Å²) in [5, 5.41) is 10.9. The topological polar surface area (TPSA) is 62.1 Å². The first kappa shape index (κ1) is 14.5. The number of benzene rings is 2. The Hall–Kier alpha value is -2.94. The van der Waals surface area contributed by atoms with E-state index in [1.165, 1.54) is 0 Å². The number of carbonyl (C=O) groups is 1. The molecule has 0 unspecified atom stereocenters.